The van der Waals surface area contributed by atoms with Crippen LogP contribution in [0, 0.1) is 11.8 Å². The zero-order chi connectivity index (χ0) is 16.1. The van der Waals surface area contributed by atoms with Crippen molar-refractivity contribution < 1.29 is 9.90 Å². The van der Waals surface area contributed by atoms with Crippen molar-refractivity contribution in [1.29, 1.82) is 0 Å². The molecule has 0 radical (unpaired) electrons. The molecule has 5 heteroatoms. The van der Waals surface area contributed by atoms with E-state index in [4.69, 9.17) is 11.6 Å². The highest BCUT2D eigenvalue weighted by molar-refractivity contribution is 6.31. The summed E-state index contributed by atoms with van der Waals surface area (Å²) < 4.78 is 0. The molecule has 22 heavy (non-hydrogen) atoms. The molecule has 1 aromatic rings. The third kappa shape index (κ3) is 4.70. The van der Waals surface area contributed by atoms with Crippen molar-refractivity contribution in [2.75, 3.05) is 26.2 Å². The van der Waals surface area contributed by atoms with Crippen LogP contribution in [0.2, 0.25) is 5.02 Å². The quantitative estimate of drug-likeness (QED) is 0.845. The van der Waals surface area contributed by atoms with Crippen LogP contribution in [0.1, 0.15) is 31.9 Å². The maximum Gasteiger partial charge on any atom is 0.224 e. The van der Waals surface area contributed by atoms with Gasteiger partial charge in [-0.1, -0.05) is 43.6 Å². The molecule has 0 spiro atoms. The van der Waals surface area contributed by atoms with Crippen molar-refractivity contribution in [3.05, 3.63) is 34.9 Å². The Morgan fingerprint density at radius 2 is 2.18 bits per heavy atom. The molecule has 2 atom stereocenters. The summed E-state index contributed by atoms with van der Waals surface area (Å²) in [6.45, 7) is 7.39. The Morgan fingerprint density at radius 3 is 2.86 bits per heavy atom. The van der Waals surface area contributed by atoms with Crippen molar-refractivity contribution in [2.24, 2.45) is 11.8 Å². The molecule has 0 bridgehead atoms. The first kappa shape index (κ1) is 17.3. The van der Waals surface area contributed by atoms with Gasteiger partial charge >= 0.3 is 0 Å². The standard InChI is InChI=1S/C17H25ClN2O2/c1-12(2)10-20-8-7-13(11-20)17(22)19-9-16(21)14-5-3-4-6-15(14)18/h3-6,12-13,16,21H,7-11H2,1-2H3,(H,19,22). The number of aliphatic hydroxyl groups excluding tert-OH is 1. The molecule has 2 N–H and O–H groups in total. The molecule has 122 valence electrons. The van der Waals surface area contributed by atoms with E-state index in [1.54, 1.807) is 12.1 Å². The van der Waals surface area contributed by atoms with Gasteiger partial charge in [-0.15, -0.1) is 0 Å². The highest BCUT2D eigenvalue weighted by atomic mass is 35.5. The number of likely N-dealkylation sites (tertiary alicyclic amines) is 1. The maximum atomic E-state index is 12.2. The number of benzene rings is 1. The monoisotopic (exact) mass is 324 g/mol. The second-order valence-corrected chi connectivity index (χ2v) is 6.83. The highest BCUT2D eigenvalue weighted by Crippen LogP contribution is 2.22. The molecule has 0 aromatic heterocycles. The number of hydrogen-bond donors (Lipinski definition) is 2. The van der Waals surface area contributed by atoms with Gasteiger partial charge in [0.05, 0.1) is 12.0 Å². The van der Waals surface area contributed by atoms with Crippen molar-refractivity contribution in [2.45, 2.75) is 26.4 Å². The fourth-order valence-electron chi connectivity index (χ4n) is 2.93. The molecular weight excluding hydrogens is 300 g/mol. The van der Waals surface area contributed by atoms with Crippen LogP contribution in [-0.2, 0) is 4.79 Å². The van der Waals surface area contributed by atoms with Crippen LogP contribution in [0.15, 0.2) is 24.3 Å². The molecular formula is C17H25ClN2O2. The van der Waals surface area contributed by atoms with Crippen LogP contribution in [0.3, 0.4) is 0 Å². The minimum atomic E-state index is -0.772. The number of halogens is 1. The Balaban J connectivity index is 1.80. The van der Waals surface area contributed by atoms with E-state index in [0.717, 1.165) is 26.1 Å². The minimum absolute atomic E-state index is 0.0252. The van der Waals surface area contributed by atoms with E-state index in [-0.39, 0.29) is 18.4 Å². The number of nitrogens with zero attached hydrogens (tertiary/aromatic N) is 1. The molecule has 1 saturated heterocycles. The van der Waals surface area contributed by atoms with Crippen LogP contribution >= 0.6 is 11.6 Å². The zero-order valence-corrected chi connectivity index (χ0v) is 14.0. The summed E-state index contributed by atoms with van der Waals surface area (Å²) >= 11 is 6.05. The Bertz CT molecular complexity index is 507. The summed E-state index contributed by atoms with van der Waals surface area (Å²) in [6, 6.07) is 7.16. The molecule has 0 saturated carbocycles. The van der Waals surface area contributed by atoms with Gasteiger partial charge in [0.2, 0.25) is 5.91 Å². The zero-order valence-electron chi connectivity index (χ0n) is 13.3. The van der Waals surface area contributed by atoms with Crippen molar-refractivity contribution in [1.82, 2.24) is 10.2 Å². The number of rotatable bonds is 6. The Hall–Kier alpha value is -1.10. The van der Waals surface area contributed by atoms with Crippen molar-refractivity contribution >= 4 is 17.5 Å². The largest absolute Gasteiger partial charge is 0.387 e. The summed E-state index contributed by atoms with van der Waals surface area (Å²) in [5, 5.41) is 13.5. The lowest BCUT2D eigenvalue weighted by atomic mass is 10.1. The van der Waals surface area contributed by atoms with Crippen LogP contribution in [0.5, 0.6) is 0 Å². The molecule has 1 fully saturated rings. The molecule has 4 nitrogen and oxygen atoms in total. The van der Waals surface area contributed by atoms with E-state index >= 15 is 0 Å². The Kier molecular flexibility index (Phi) is 6.24. The molecule has 1 aromatic carbocycles. The van der Waals surface area contributed by atoms with Gasteiger partial charge < -0.3 is 15.3 Å². The average Bonchev–Trinajstić information content (AvgIpc) is 2.92. The second-order valence-electron chi connectivity index (χ2n) is 6.42. The van der Waals surface area contributed by atoms with Gasteiger partial charge in [0, 0.05) is 30.2 Å². The Morgan fingerprint density at radius 1 is 1.45 bits per heavy atom. The normalized spacial score (nSPS) is 20.3. The molecule has 2 unspecified atom stereocenters. The summed E-state index contributed by atoms with van der Waals surface area (Å²) in [6.07, 6.45) is 0.117. The van der Waals surface area contributed by atoms with Gasteiger partial charge in [0.1, 0.15) is 0 Å². The number of hydrogen-bond acceptors (Lipinski definition) is 3. The summed E-state index contributed by atoms with van der Waals surface area (Å²) in [5.74, 6) is 0.665. The summed E-state index contributed by atoms with van der Waals surface area (Å²) in [5.41, 5.74) is 0.650. The first-order chi connectivity index (χ1) is 10.5. The third-order valence-corrected chi connectivity index (χ3v) is 4.34. The highest BCUT2D eigenvalue weighted by Gasteiger charge is 2.28. The molecule has 1 amide bonds. The van der Waals surface area contributed by atoms with E-state index in [9.17, 15) is 9.90 Å². The first-order valence-corrected chi connectivity index (χ1v) is 8.27. The van der Waals surface area contributed by atoms with E-state index in [0.29, 0.717) is 16.5 Å². The minimum Gasteiger partial charge on any atom is -0.387 e. The van der Waals surface area contributed by atoms with Crippen LogP contribution in [0.25, 0.3) is 0 Å². The van der Waals surface area contributed by atoms with Gasteiger partial charge in [-0.3, -0.25) is 4.79 Å². The fraction of sp³-hybridized carbons (Fsp3) is 0.588. The van der Waals surface area contributed by atoms with E-state index in [1.165, 1.54) is 0 Å². The SMILES string of the molecule is CC(C)CN1CCC(C(=O)NCC(O)c2ccccc2Cl)C1. The maximum absolute atomic E-state index is 12.2. The van der Waals surface area contributed by atoms with Crippen LogP contribution in [-0.4, -0.2) is 42.1 Å². The lowest BCUT2D eigenvalue weighted by Crippen LogP contribution is -2.35. The van der Waals surface area contributed by atoms with Gasteiger partial charge in [-0.2, -0.15) is 0 Å². The fourth-order valence-corrected chi connectivity index (χ4v) is 3.19. The van der Waals surface area contributed by atoms with E-state index in [1.807, 2.05) is 12.1 Å². The van der Waals surface area contributed by atoms with Gasteiger partial charge in [-0.25, -0.2) is 0 Å². The second kappa shape index (κ2) is 7.95. The number of nitrogens with one attached hydrogen (secondary N) is 1. The smallest absolute Gasteiger partial charge is 0.224 e. The lowest BCUT2D eigenvalue weighted by molar-refractivity contribution is -0.125. The number of carbonyl (C=O) groups excluding carboxylic acids is 1. The molecule has 1 aliphatic rings. The molecule has 1 heterocycles. The van der Waals surface area contributed by atoms with Gasteiger partial charge in [0.15, 0.2) is 0 Å². The lowest BCUT2D eigenvalue weighted by Gasteiger charge is -2.18. The summed E-state index contributed by atoms with van der Waals surface area (Å²) in [4.78, 5) is 14.5. The number of carbonyl (C=O) groups is 1. The number of aliphatic hydroxyl groups is 1. The van der Waals surface area contributed by atoms with E-state index < -0.39 is 6.10 Å². The van der Waals surface area contributed by atoms with Crippen molar-refractivity contribution in [3.63, 3.8) is 0 Å². The molecule has 0 aliphatic carbocycles. The van der Waals surface area contributed by atoms with Crippen molar-refractivity contribution in [3.8, 4) is 0 Å². The van der Waals surface area contributed by atoms with Crippen LogP contribution < -0.4 is 5.32 Å². The predicted molar refractivity (Wildman–Crippen MR) is 88.8 cm³/mol. The predicted octanol–water partition coefficient (Wildman–Crippen LogP) is 2.47. The van der Waals surface area contributed by atoms with Gasteiger partial charge in [-0.05, 0) is 24.9 Å². The summed E-state index contributed by atoms with van der Waals surface area (Å²) in [7, 11) is 0. The third-order valence-electron chi connectivity index (χ3n) is 4.00. The molecule has 1 aliphatic heterocycles. The average molecular weight is 325 g/mol. The molecule has 2 rings (SSSR count). The number of amides is 1. The van der Waals surface area contributed by atoms with E-state index in [2.05, 4.69) is 24.1 Å². The topological polar surface area (TPSA) is 52.6 Å². The van der Waals surface area contributed by atoms with Crippen LogP contribution in [0.4, 0.5) is 0 Å². The first-order valence-electron chi connectivity index (χ1n) is 7.90. The van der Waals surface area contributed by atoms with Gasteiger partial charge in [0.25, 0.3) is 0 Å². The Labute approximate surface area is 137 Å².